The van der Waals surface area contributed by atoms with Crippen LogP contribution in [-0.2, 0) is 6.61 Å². The Morgan fingerprint density at radius 1 is 0.931 bits per heavy atom. The highest BCUT2D eigenvalue weighted by molar-refractivity contribution is 5.64. The van der Waals surface area contributed by atoms with Crippen molar-refractivity contribution in [3.63, 3.8) is 0 Å². The SMILES string of the molecule is Cc1ccc(-c2nn(-c3ccccc3)cc2COc2ccc(C#N)cc2)cc1C. The van der Waals surface area contributed by atoms with E-state index in [1.54, 1.807) is 12.1 Å². The van der Waals surface area contributed by atoms with Crippen molar-refractivity contribution in [2.75, 3.05) is 0 Å². The maximum atomic E-state index is 8.95. The van der Waals surface area contributed by atoms with Crippen molar-refractivity contribution < 1.29 is 4.74 Å². The molecule has 0 bridgehead atoms. The standard InChI is InChI=1S/C25H21N3O/c1-18-8-11-21(14-19(18)2)25-22(16-28(27-25)23-6-4-3-5-7-23)17-29-24-12-9-20(15-26)10-13-24/h3-14,16H,17H2,1-2H3. The molecule has 0 aliphatic rings. The summed E-state index contributed by atoms with van der Waals surface area (Å²) in [6.45, 7) is 4.61. The van der Waals surface area contributed by atoms with Crippen LogP contribution in [0, 0.1) is 25.2 Å². The number of nitriles is 1. The van der Waals surface area contributed by atoms with Crippen molar-refractivity contribution in [3.05, 3.63) is 101 Å². The summed E-state index contributed by atoms with van der Waals surface area (Å²) in [5, 5.41) is 13.8. The lowest BCUT2D eigenvalue weighted by atomic mass is 10.0. The minimum Gasteiger partial charge on any atom is -0.489 e. The van der Waals surface area contributed by atoms with Gasteiger partial charge in [0.05, 0.1) is 23.0 Å². The van der Waals surface area contributed by atoms with E-state index in [4.69, 9.17) is 15.1 Å². The molecule has 0 amide bonds. The van der Waals surface area contributed by atoms with Gasteiger partial charge in [-0.15, -0.1) is 0 Å². The van der Waals surface area contributed by atoms with Gasteiger partial charge >= 0.3 is 0 Å². The number of para-hydroxylation sites is 1. The van der Waals surface area contributed by atoms with Gasteiger partial charge in [-0.2, -0.15) is 10.4 Å². The number of benzene rings is 3. The van der Waals surface area contributed by atoms with Gasteiger partial charge in [-0.25, -0.2) is 4.68 Å². The average Bonchev–Trinajstić information content (AvgIpc) is 3.19. The molecule has 1 heterocycles. The highest BCUT2D eigenvalue weighted by Gasteiger charge is 2.14. The number of hydrogen-bond donors (Lipinski definition) is 0. The maximum absolute atomic E-state index is 8.95. The van der Waals surface area contributed by atoms with E-state index in [1.807, 2.05) is 53.3 Å². The number of rotatable bonds is 5. The Balaban J connectivity index is 1.69. The van der Waals surface area contributed by atoms with Crippen LogP contribution in [0.25, 0.3) is 16.9 Å². The fraction of sp³-hybridized carbons (Fsp3) is 0.120. The molecule has 0 N–H and O–H groups in total. The van der Waals surface area contributed by atoms with Crippen LogP contribution >= 0.6 is 0 Å². The van der Waals surface area contributed by atoms with Gasteiger partial charge < -0.3 is 4.74 Å². The predicted octanol–water partition coefficient (Wildman–Crippen LogP) is 5.61. The Labute approximate surface area is 170 Å². The summed E-state index contributed by atoms with van der Waals surface area (Å²) >= 11 is 0. The molecule has 0 saturated heterocycles. The normalized spacial score (nSPS) is 10.5. The van der Waals surface area contributed by atoms with Crippen molar-refractivity contribution >= 4 is 0 Å². The largest absolute Gasteiger partial charge is 0.489 e. The van der Waals surface area contributed by atoms with Crippen LogP contribution in [-0.4, -0.2) is 9.78 Å². The summed E-state index contributed by atoms with van der Waals surface area (Å²) in [5.74, 6) is 0.725. The molecule has 0 unspecified atom stereocenters. The molecule has 142 valence electrons. The van der Waals surface area contributed by atoms with Crippen molar-refractivity contribution in [2.45, 2.75) is 20.5 Å². The Kier molecular flexibility index (Phi) is 5.13. The maximum Gasteiger partial charge on any atom is 0.119 e. The summed E-state index contributed by atoms with van der Waals surface area (Å²) in [6, 6.07) is 25.7. The van der Waals surface area contributed by atoms with Gasteiger partial charge in [0, 0.05) is 17.3 Å². The fourth-order valence-corrected chi connectivity index (χ4v) is 3.15. The van der Waals surface area contributed by atoms with Crippen LogP contribution in [0.2, 0.25) is 0 Å². The van der Waals surface area contributed by atoms with Crippen molar-refractivity contribution in [1.82, 2.24) is 9.78 Å². The monoisotopic (exact) mass is 379 g/mol. The van der Waals surface area contributed by atoms with Gasteiger partial charge in [0.25, 0.3) is 0 Å². The first kappa shape index (κ1) is 18.5. The van der Waals surface area contributed by atoms with Crippen molar-refractivity contribution in [2.24, 2.45) is 0 Å². The van der Waals surface area contributed by atoms with Crippen LogP contribution in [0.3, 0.4) is 0 Å². The van der Waals surface area contributed by atoms with Crippen molar-refractivity contribution in [1.29, 1.82) is 5.26 Å². The summed E-state index contributed by atoms with van der Waals surface area (Å²) < 4.78 is 7.89. The van der Waals surface area contributed by atoms with Gasteiger partial charge in [0.1, 0.15) is 12.4 Å². The molecule has 4 aromatic rings. The minimum absolute atomic E-state index is 0.390. The van der Waals surface area contributed by atoms with E-state index in [9.17, 15) is 0 Å². The molecule has 0 aliphatic carbocycles. The number of aryl methyl sites for hydroxylation is 2. The molecule has 4 heteroatoms. The summed E-state index contributed by atoms with van der Waals surface area (Å²) in [5.41, 5.74) is 7.09. The first-order valence-electron chi connectivity index (χ1n) is 9.48. The molecular weight excluding hydrogens is 358 g/mol. The number of hydrogen-bond acceptors (Lipinski definition) is 3. The Morgan fingerprint density at radius 2 is 1.69 bits per heavy atom. The summed E-state index contributed by atoms with van der Waals surface area (Å²) in [7, 11) is 0. The fourth-order valence-electron chi connectivity index (χ4n) is 3.15. The highest BCUT2D eigenvalue weighted by atomic mass is 16.5. The molecule has 0 atom stereocenters. The quantitative estimate of drug-likeness (QED) is 0.453. The predicted molar refractivity (Wildman–Crippen MR) is 114 cm³/mol. The zero-order valence-corrected chi connectivity index (χ0v) is 16.5. The van der Waals surface area contributed by atoms with E-state index in [2.05, 4.69) is 38.1 Å². The highest BCUT2D eigenvalue weighted by Crippen LogP contribution is 2.27. The first-order chi connectivity index (χ1) is 14.1. The summed E-state index contributed by atoms with van der Waals surface area (Å²) in [4.78, 5) is 0. The molecule has 0 aliphatic heterocycles. The Bertz CT molecular complexity index is 1170. The van der Waals surface area contributed by atoms with Crippen molar-refractivity contribution in [3.8, 4) is 28.8 Å². The topological polar surface area (TPSA) is 50.8 Å². The van der Waals surface area contributed by atoms with Gasteiger partial charge in [-0.05, 0) is 67.4 Å². The van der Waals surface area contributed by atoms with E-state index in [-0.39, 0.29) is 0 Å². The second kappa shape index (κ2) is 8.04. The van der Waals surface area contributed by atoms with Gasteiger partial charge in [0.2, 0.25) is 0 Å². The van der Waals surface area contributed by atoms with Crippen LogP contribution in [0.15, 0.2) is 79.0 Å². The molecule has 1 aromatic heterocycles. The zero-order chi connectivity index (χ0) is 20.2. The van der Waals surface area contributed by atoms with E-state index in [0.29, 0.717) is 12.2 Å². The lowest BCUT2D eigenvalue weighted by molar-refractivity contribution is 0.306. The van der Waals surface area contributed by atoms with Gasteiger partial charge in [0.15, 0.2) is 0 Å². The minimum atomic E-state index is 0.390. The Hall–Kier alpha value is -3.84. The van der Waals surface area contributed by atoms with Gasteiger partial charge in [-0.1, -0.05) is 30.3 Å². The number of aromatic nitrogens is 2. The van der Waals surface area contributed by atoms with E-state index in [0.717, 1.165) is 28.3 Å². The average molecular weight is 379 g/mol. The molecule has 4 nitrogen and oxygen atoms in total. The smallest absolute Gasteiger partial charge is 0.119 e. The molecule has 4 rings (SSSR count). The second-order valence-electron chi connectivity index (χ2n) is 7.01. The molecule has 0 spiro atoms. The van der Waals surface area contributed by atoms with Crippen LogP contribution < -0.4 is 4.74 Å². The Morgan fingerprint density at radius 3 is 2.38 bits per heavy atom. The third-order valence-electron chi connectivity index (χ3n) is 4.97. The lowest BCUT2D eigenvalue weighted by Gasteiger charge is -2.08. The number of nitrogens with zero attached hydrogens (tertiary/aromatic N) is 3. The molecule has 0 saturated carbocycles. The zero-order valence-electron chi connectivity index (χ0n) is 16.5. The van der Waals surface area contributed by atoms with Gasteiger partial charge in [-0.3, -0.25) is 0 Å². The first-order valence-corrected chi connectivity index (χ1v) is 9.48. The lowest BCUT2D eigenvalue weighted by Crippen LogP contribution is -1.96. The summed E-state index contributed by atoms with van der Waals surface area (Å²) in [6.07, 6.45) is 2.02. The van der Waals surface area contributed by atoms with E-state index in [1.165, 1.54) is 11.1 Å². The third-order valence-corrected chi connectivity index (χ3v) is 4.97. The van der Waals surface area contributed by atoms with Crippen LogP contribution in [0.4, 0.5) is 0 Å². The van der Waals surface area contributed by atoms with Crippen LogP contribution in [0.1, 0.15) is 22.3 Å². The molecule has 0 radical (unpaired) electrons. The van der Waals surface area contributed by atoms with E-state index < -0.39 is 0 Å². The van der Waals surface area contributed by atoms with E-state index >= 15 is 0 Å². The molecule has 29 heavy (non-hydrogen) atoms. The molecular formula is C25H21N3O. The number of ether oxygens (including phenoxy) is 1. The third kappa shape index (κ3) is 4.04. The molecule has 0 fully saturated rings. The second-order valence-corrected chi connectivity index (χ2v) is 7.01. The van der Waals surface area contributed by atoms with Crippen LogP contribution in [0.5, 0.6) is 5.75 Å². The molecule has 3 aromatic carbocycles.